The number of H-pyrrole nitrogens is 1. The summed E-state index contributed by atoms with van der Waals surface area (Å²) < 4.78 is 12.5. The van der Waals surface area contributed by atoms with E-state index in [-0.39, 0.29) is 18.3 Å². The van der Waals surface area contributed by atoms with Crippen molar-refractivity contribution in [3.05, 3.63) is 54.1 Å². The molecule has 134 valence electrons. The Balaban J connectivity index is 1.55. The second kappa shape index (κ2) is 6.45. The number of rotatable bonds is 4. The molecule has 0 spiro atoms. The first-order valence-electron chi connectivity index (χ1n) is 8.87. The molecule has 0 saturated carbocycles. The van der Waals surface area contributed by atoms with Crippen LogP contribution in [-0.2, 0) is 15.1 Å². The normalized spacial score (nSPS) is 18.5. The molecular formula is C20H23BN2O2S. The van der Waals surface area contributed by atoms with E-state index in [1.54, 1.807) is 11.8 Å². The minimum Gasteiger partial charge on any atom is -0.399 e. The number of benzene rings is 2. The van der Waals surface area contributed by atoms with Gasteiger partial charge in [-0.25, -0.2) is 4.98 Å². The average molecular weight is 366 g/mol. The Hall–Kier alpha value is -1.76. The van der Waals surface area contributed by atoms with Gasteiger partial charge in [-0.15, -0.1) is 0 Å². The smallest absolute Gasteiger partial charge is 0.399 e. The Kier molecular flexibility index (Phi) is 4.37. The first-order chi connectivity index (χ1) is 12.4. The van der Waals surface area contributed by atoms with E-state index in [1.807, 2.05) is 30.3 Å². The third-order valence-electron chi connectivity index (χ3n) is 5.29. The average Bonchev–Trinajstić information content (AvgIpc) is 3.10. The Morgan fingerprint density at radius 1 is 0.962 bits per heavy atom. The molecule has 0 amide bonds. The van der Waals surface area contributed by atoms with Gasteiger partial charge < -0.3 is 14.3 Å². The SMILES string of the molecule is CC1(C)OB(c2ccccc2CSc2nc3ccccc3[nH]2)OC1(C)C. The Morgan fingerprint density at radius 3 is 2.35 bits per heavy atom. The molecule has 1 aromatic heterocycles. The molecule has 0 radical (unpaired) electrons. The third-order valence-corrected chi connectivity index (χ3v) is 6.22. The predicted molar refractivity (Wildman–Crippen MR) is 108 cm³/mol. The molecule has 6 heteroatoms. The van der Waals surface area contributed by atoms with Crippen LogP contribution in [0.25, 0.3) is 11.0 Å². The number of nitrogens with one attached hydrogen (secondary N) is 1. The van der Waals surface area contributed by atoms with Crippen molar-refractivity contribution in [2.75, 3.05) is 0 Å². The number of thioether (sulfide) groups is 1. The van der Waals surface area contributed by atoms with Gasteiger partial charge in [-0.3, -0.25) is 0 Å². The van der Waals surface area contributed by atoms with Crippen LogP contribution in [-0.4, -0.2) is 28.3 Å². The lowest BCUT2D eigenvalue weighted by molar-refractivity contribution is 0.00578. The summed E-state index contributed by atoms with van der Waals surface area (Å²) in [4.78, 5) is 8.02. The van der Waals surface area contributed by atoms with Crippen LogP contribution < -0.4 is 5.46 Å². The first kappa shape index (κ1) is 17.6. The molecule has 3 aromatic rings. The summed E-state index contributed by atoms with van der Waals surface area (Å²) in [6, 6.07) is 16.4. The second-order valence-electron chi connectivity index (χ2n) is 7.63. The Morgan fingerprint density at radius 2 is 1.62 bits per heavy atom. The van der Waals surface area contributed by atoms with Crippen molar-refractivity contribution in [3.63, 3.8) is 0 Å². The zero-order chi connectivity index (χ0) is 18.4. The molecule has 1 aliphatic rings. The summed E-state index contributed by atoms with van der Waals surface area (Å²) in [6.07, 6.45) is 0. The molecule has 0 atom stereocenters. The van der Waals surface area contributed by atoms with Crippen molar-refractivity contribution in [1.29, 1.82) is 0 Å². The standard InChI is InChI=1S/C20H23BN2O2S/c1-19(2)20(3,4)25-21(24-19)15-10-6-5-9-14(15)13-26-18-22-16-11-7-8-12-17(16)23-18/h5-12H,13H2,1-4H3,(H,22,23). The van der Waals surface area contributed by atoms with Crippen LogP contribution in [0.5, 0.6) is 0 Å². The Labute approximate surface area is 158 Å². The van der Waals surface area contributed by atoms with Crippen molar-refractivity contribution in [2.24, 2.45) is 0 Å². The lowest BCUT2D eigenvalue weighted by atomic mass is 9.76. The molecule has 2 heterocycles. The van der Waals surface area contributed by atoms with E-state index in [0.29, 0.717) is 0 Å². The van der Waals surface area contributed by atoms with Crippen LogP contribution in [0, 0.1) is 0 Å². The molecule has 1 saturated heterocycles. The largest absolute Gasteiger partial charge is 0.495 e. The van der Waals surface area contributed by atoms with Gasteiger partial charge in [0.05, 0.1) is 22.2 Å². The minimum absolute atomic E-state index is 0.337. The fourth-order valence-electron chi connectivity index (χ4n) is 3.01. The van der Waals surface area contributed by atoms with Gasteiger partial charge in [0.1, 0.15) is 0 Å². The minimum atomic E-state index is -0.340. The monoisotopic (exact) mass is 366 g/mol. The maximum Gasteiger partial charge on any atom is 0.495 e. The van der Waals surface area contributed by atoms with Crippen molar-refractivity contribution >= 4 is 35.4 Å². The Bertz CT molecular complexity index is 889. The van der Waals surface area contributed by atoms with E-state index < -0.39 is 0 Å². The highest BCUT2D eigenvalue weighted by atomic mass is 32.2. The number of fused-ring (bicyclic) bond motifs is 1. The number of hydrogen-bond donors (Lipinski definition) is 1. The third kappa shape index (κ3) is 3.17. The number of aromatic nitrogens is 2. The fraction of sp³-hybridized carbons (Fsp3) is 0.350. The van der Waals surface area contributed by atoms with E-state index in [9.17, 15) is 0 Å². The second-order valence-corrected chi connectivity index (χ2v) is 8.60. The molecule has 1 fully saturated rings. The number of imidazole rings is 1. The summed E-state index contributed by atoms with van der Waals surface area (Å²) in [7, 11) is -0.340. The first-order valence-corrected chi connectivity index (χ1v) is 9.85. The van der Waals surface area contributed by atoms with Crippen LogP contribution in [0.15, 0.2) is 53.7 Å². The van der Waals surface area contributed by atoms with E-state index in [2.05, 4.69) is 55.9 Å². The van der Waals surface area contributed by atoms with Crippen molar-refractivity contribution in [2.45, 2.75) is 49.8 Å². The summed E-state index contributed by atoms with van der Waals surface area (Å²) in [5.41, 5.74) is 3.68. The maximum absolute atomic E-state index is 6.24. The molecule has 0 bridgehead atoms. The summed E-state index contributed by atoms with van der Waals surface area (Å²) >= 11 is 1.69. The fourth-order valence-corrected chi connectivity index (χ4v) is 3.91. The van der Waals surface area contributed by atoms with E-state index in [1.165, 1.54) is 5.56 Å². The number of hydrogen-bond acceptors (Lipinski definition) is 4. The lowest BCUT2D eigenvalue weighted by Crippen LogP contribution is -2.41. The summed E-state index contributed by atoms with van der Waals surface area (Å²) in [5.74, 6) is 0.806. The predicted octanol–water partition coefficient (Wildman–Crippen LogP) is 4.15. The highest BCUT2D eigenvalue weighted by Gasteiger charge is 2.52. The zero-order valence-corrected chi connectivity index (χ0v) is 16.4. The number of nitrogens with zero attached hydrogens (tertiary/aromatic N) is 1. The van der Waals surface area contributed by atoms with Crippen LogP contribution in [0.3, 0.4) is 0 Å². The highest BCUT2D eigenvalue weighted by molar-refractivity contribution is 7.98. The molecule has 1 aliphatic heterocycles. The van der Waals surface area contributed by atoms with Crippen LogP contribution in [0.2, 0.25) is 0 Å². The number of aromatic amines is 1. The summed E-state index contributed by atoms with van der Waals surface area (Å²) in [5, 5.41) is 0.926. The van der Waals surface area contributed by atoms with E-state index >= 15 is 0 Å². The van der Waals surface area contributed by atoms with Gasteiger partial charge in [0, 0.05) is 5.75 Å². The van der Waals surface area contributed by atoms with Gasteiger partial charge in [-0.1, -0.05) is 48.2 Å². The molecule has 4 nitrogen and oxygen atoms in total. The van der Waals surface area contributed by atoms with Gasteiger partial charge in [0.15, 0.2) is 5.16 Å². The molecule has 1 N–H and O–H groups in total. The van der Waals surface area contributed by atoms with Gasteiger partial charge >= 0.3 is 7.12 Å². The quantitative estimate of drug-likeness (QED) is 0.557. The molecule has 2 aromatic carbocycles. The lowest BCUT2D eigenvalue weighted by Gasteiger charge is -2.32. The van der Waals surface area contributed by atoms with E-state index in [4.69, 9.17) is 9.31 Å². The van der Waals surface area contributed by atoms with Crippen molar-refractivity contribution in [3.8, 4) is 0 Å². The number of para-hydroxylation sites is 2. The van der Waals surface area contributed by atoms with Gasteiger partial charge in [-0.05, 0) is 50.9 Å². The van der Waals surface area contributed by atoms with Gasteiger partial charge in [0.25, 0.3) is 0 Å². The van der Waals surface area contributed by atoms with E-state index in [0.717, 1.165) is 27.4 Å². The molecule has 4 rings (SSSR count). The zero-order valence-electron chi connectivity index (χ0n) is 15.6. The summed E-state index contributed by atoms with van der Waals surface area (Å²) in [6.45, 7) is 8.33. The molecular weight excluding hydrogens is 343 g/mol. The molecule has 0 unspecified atom stereocenters. The maximum atomic E-state index is 6.24. The topological polar surface area (TPSA) is 47.1 Å². The van der Waals surface area contributed by atoms with Crippen LogP contribution >= 0.6 is 11.8 Å². The van der Waals surface area contributed by atoms with Crippen LogP contribution in [0.4, 0.5) is 0 Å². The van der Waals surface area contributed by atoms with Crippen molar-refractivity contribution < 1.29 is 9.31 Å². The highest BCUT2D eigenvalue weighted by Crippen LogP contribution is 2.37. The van der Waals surface area contributed by atoms with Gasteiger partial charge in [-0.2, -0.15) is 0 Å². The molecule has 26 heavy (non-hydrogen) atoms. The van der Waals surface area contributed by atoms with Gasteiger partial charge in [0.2, 0.25) is 0 Å². The molecule has 0 aliphatic carbocycles. The van der Waals surface area contributed by atoms with Crippen LogP contribution in [0.1, 0.15) is 33.3 Å². The van der Waals surface area contributed by atoms with Crippen molar-refractivity contribution in [1.82, 2.24) is 9.97 Å².